The molecule has 0 saturated heterocycles. The van der Waals surface area contributed by atoms with Gasteiger partial charge in [0.25, 0.3) is 10.0 Å². The standard InChI is InChI=1S/C20H27N5O2S2/c1-19(2,3)16-13-17(25(23-16)20(4,5)6)22-14-7-9-15(10-8-14)29(26,27)24-18-21-11-12-28-18/h7-13,22H,1-6H3,(H,21,24). The van der Waals surface area contributed by atoms with Gasteiger partial charge < -0.3 is 5.32 Å². The SMILES string of the molecule is CC(C)(C)c1cc(Nc2ccc(S(=O)(=O)Nc3nccs3)cc2)n(C(C)(C)C)n1. The lowest BCUT2D eigenvalue weighted by molar-refractivity contribution is 0.353. The second-order valence-corrected chi connectivity index (χ2v) is 11.4. The molecule has 2 N–H and O–H groups in total. The molecule has 0 bridgehead atoms. The topological polar surface area (TPSA) is 88.9 Å². The van der Waals surface area contributed by atoms with Crippen LogP contribution in [0.3, 0.4) is 0 Å². The van der Waals surface area contributed by atoms with Crippen LogP contribution >= 0.6 is 11.3 Å². The van der Waals surface area contributed by atoms with Crippen molar-refractivity contribution < 1.29 is 8.42 Å². The molecular formula is C20H27N5O2S2. The molecule has 3 rings (SSSR count). The van der Waals surface area contributed by atoms with Gasteiger partial charge in [0.1, 0.15) is 5.82 Å². The number of aromatic nitrogens is 3. The Morgan fingerprint density at radius 3 is 2.21 bits per heavy atom. The highest BCUT2D eigenvalue weighted by Gasteiger charge is 2.25. The van der Waals surface area contributed by atoms with Crippen LogP contribution in [0.2, 0.25) is 0 Å². The monoisotopic (exact) mass is 433 g/mol. The second kappa shape index (κ2) is 7.46. The average Bonchev–Trinajstić information content (AvgIpc) is 3.24. The Hall–Kier alpha value is -2.39. The Bertz CT molecular complexity index is 1070. The largest absolute Gasteiger partial charge is 0.340 e. The van der Waals surface area contributed by atoms with E-state index in [0.717, 1.165) is 17.2 Å². The van der Waals surface area contributed by atoms with Crippen LogP contribution < -0.4 is 10.0 Å². The van der Waals surface area contributed by atoms with Crippen LogP contribution in [0.5, 0.6) is 0 Å². The van der Waals surface area contributed by atoms with Crippen molar-refractivity contribution in [2.75, 3.05) is 10.0 Å². The third kappa shape index (κ3) is 4.97. The van der Waals surface area contributed by atoms with Crippen LogP contribution in [0.25, 0.3) is 0 Å². The van der Waals surface area contributed by atoms with E-state index in [2.05, 4.69) is 56.6 Å². The van der Waals surface area contributed by atoms with Crippen molar-refractivity contribution in [3.05, 3.63) is 47.6 Å². The lowest BCUT2D eigenvalue weighted by Crippen LogP contribution is -2.25. The van der Waals surface area contributed by atoms with Gasteiger partial charge in [-0.2, -0.15) is 5.10 Å². The summed E-state index contributed by atoms with van der Waals surface area (Å²) in [6, 6.07) is 8.67. The van der Waals surface area contributed by atoms with E-state index < -0.39 is 10.0 Å². The van der Waals surface area contributed by atoms with Crippen LogP contribution in [0.4, 0.5) is 16.6 Å². The van der Waals surface area contributed by atoms with Gasteiger partial charge in [-0.15, -0.1) is 11.3 Å². The number of benzene rings is 1. The molecule has 156 valence electrons. The fourth-order valence-corrected chi connectivity index (χ4v) is 4.45. The summed E-state index contributed by atoms with van der Waals surface area (Å²) in [6.07, 6.45) is 1.56. The van der Waals surface area contributed by atoms with E-state index in [4.69, 9.17) is 5.10 Å². The highest BCUT2D eigenvalue weighted by atomic mass is 32.2. The van der Waals surface area contributed by atoms with E-state index >= 15 is 0 Å². The molecule has 29 heavy (non-hydrogen) atoms. The number of anilines is 3. The van der Waals surface area contributed by atoms with E-state index in [1.165, 1.54) is 11.3 Å². The second-order valence-electron chi connectivity index (χ2n) is 8.84. The van der Waals surface area contributed by atoms with Gasteiger partial charge in [0.05, 0.1) is 16.1 Å². The third-order valence-corrected chi connectivity index (χ3v) is 6.38. The van der Waals surface area contributed by atoms with Crippen molar-refractivity contribution in [3.8, 4) is 0 Å². The Morgan fingerprint density at radius 2 is 1.69 bits per heavy atom. The molecule has 9 heteroatoms. The maximum Gasteiger partial charge on any atom is 0.263 e. The molecule has 0 spiro atoms. The maximum absolute atomic E-state index is 12.5. The zero-order chi connectivity index (χ0) is 21.4. The maximum atomic E-state index is 12.5. The first-order valence-electron chi connectivity index (χ1n) is 9.27. The van der Waals surface area contributed by atoms with E-state index in [1.807, 2.05) is 10.7 Å². The van der Waals surface area contributed by atoms with Gasteiger partial charge in [-0.1, -0.05) is 20.8 Å². The zero-order valence-corrected chi connectivity index (χ0v) is 19.1. The lowest BCUT2D eigenvalue weighted by Gasteiger charge is -2.23. The van der Waals surface area contributed by atoms with Crippen molar-refractivity contribution in [3.63, 3.8) is 0 Å². The summed E-state index contributed by atoms with van der Waals surface area (Å²) in [7, 11) is -3.67. The molecule has 0 amide bonds. The lowest BCUT2D eigenvalue weighted by atomic mass is 9.92. The molecular weight excluding hydrogens is 406 g/mol. The van der Waals surface area contributed by atoms with Gasteiger partial charge in [0.2, 0.25) is 0 Å². The normalized spacial score (nSPS) is 12.8. The van der Waals surface area contributed by atoms with Crippen molar-refractivity contribution in [1.29, 1.82) is 0 Å². The third-order valence-electron chi connectivity index (χ3n) is 4.20. The van der Waals surface area contributed by atoms with Crippen LogP contribution in [0, 0.1) is 0 Å². The quantitative estimate of drug-likeness (QED) is 0.595. The number of hydrogen-bond donors (Lipinski definition) is 2. The molecule has 0 fully saturated rings. The summed E-state index contributed by atoms with van der Waals surface area (Å²) in [5.74, 6) is 0.860. The summed E-state index contributed by atoms with van der Waals surface area (Å²) < 4.78 is 29.4. The molecule has 3 aromatic rings. The van der Waals surface area contributed by atoms with Crippen LogP contribution in [0.1, 0.15) is 47.2 Å². The number of hydrogen-bond acceptors (Lipinski definition) is 6. The first-order chi connectivity index (χ1) is 13.4. The van der Waals surface area contributed by atoms with Gasteiger partial charge in [0, 0.05) is 28.7 Å². The zero-order valence-electron chi connectivity index (χ0n) is 17.5. The number of nitrogens with zero attached hydrogens (tertiary/aromatic N) is 3. The average molecular weight is 434 g/mol. The fourth-order valence-electron chi connectivity index (χ4n) is 2.66. The summed E-state index contributed by atoms with van der Waals surface area (Å²) in [5.41, 5.74) is 1.49. The minimum absolute atomic E-state index is 0.0770. The predicted octanol–water partition coefficient (Wildman–Crippen LogP) is 4.94. The molecule has 0 aliphatic heterocycles. The number of rotatable bonds is 5. The van der Waals surface area contributed by atoms with Crippen molar-refractivity contribution >= 4 is 38.0 Å². The van der Waals surface area contributed by atoms with Gasteiger partial charge >= 0.3 is 0 Å². The Kier molecular flexibility index (Phi) is 5.48. The first kappa shape index (κ1) is 21.3. The smallest absolute Gasteiger partial charge is 0.263 e. The van der Waals surface area contributed by atoms with E-state index in [9.17, 15) is 8.42 Å². The summed E-state index contributed by atoms with van der Waals surface area (Å²) in [4.78, 5) is 4.14. The van der Waals surface area contributed by atoms with Crippen LogP contribution in [-0.2, 0) is 21.0 Å². The van der Waals surface area contributed by atoms with Crippen molar-refractivity contribution in [2.45, 2.75) is 57.4 Å². The van der Waals surface area contributed by atoms with E-state index in [-0.39, 0.29) is 15.8 Å². The summed E-state index contributed by atoms with van der Waals surface area (Å²) in [5, 5.41) is 10.2. The van der Waals surface area contributed by atoms with Crippen molar-refractivity contribution in [2.24, 2.45) is 0 Å². The van der Waals surface area contributed by atoms with E-state index in [0.29, 0.717) is 5.13 Å². The molecule has 0 radical (unpaired) electrons. The van der Waals surface area contributed by atoms with Gasteiger partial charge in [-0.05, 0) is 45.0 Å². The number of sulfonamides is 1. The fraction of sp³-hybridized carbons (Fsp3) is 0.400. The minimum Gasteiger partial charge on any atom is -0.340 e. The van der Waals surface area contributed by atoms with Gasteiger partial charge in [-0.25, -0.2) is 18.1 Å². The Labute approximate surface area is 176 Å². The molecule has 0 atom stereocenters. The Morgan fingerprint density at radius 1 is 1.03 bits per heavy atom. The molecule has 0 aliphatic carbocycles. The molecule has 0 saturated carbocycles. The van der Waals surface area contributed by atoms with Crippen LogP contribution in [-0.4, -0.2) is 23.2 Å². The molecule has 0 aliphatic rings. The molecule has 2 aromatic heterocycles. The molecule has 0 unspecified atom stereocenters. The number of thiazole rings is 1. The van der Waals surface area contributed by atoms with Crippen molar-refractivity contribution in [1.82, 2.24) is 14.8 Å². The minimum atomic E-state index is -3.67. The Balaban J connectivity index is 1.86. The summed E-state index contributed by atoms with van der Waals surface area (Å²) in [6.45, 7) is 12.7. The van der Waals surface area contributed by atoms with Gasteiger partial charge in [-0.3, -0.25) is 4.72 Å². The summed E-state index contributed by atoms with van der Waals surface area (Å²) >= 11 is 1.23. The molecule has 1 aromatic carbocycles. The molecule has 2 heterocycles. The number of nitrogens with one attached hydrogen (secondary N) is 2. The first-order valence-corrected chi connectivity index (χ1v) is 11.6. The molecule has 7 nitrogen and oxygen atoms in total. The predicted molar refractivity (Wildman–Crippen MR) is 119 cm³/mol. The highest BCUT2D eigenvalue weighted by molar-refractivity contribution is 7.93. The van der Waals surface area contributed by atoms with Crippen LogP contribution in [0.15, 0.2) is 46.8 Å². The van der Waals surface area contributed by atoms with E-state index in [1.54, 1.807) is 35.8 Å². The highest BCUT2D eigenvalue weighted by Crippen LogP contribution is 2.30. The van der Waals surface area contributed by atoms with Gasteiger partial charge in [0.15, 0.2) is 5.13 Å².